The molecule has 0 spiro atoms. The molecule has 0 atom stereocenters. The number of rotatable bonds is 5. The number of benzene rings is 1. The van der Waals surface area contributed by atoms with Crippen molar-refractivity contribution in [2.45, 2.75) is 44.6 Å². The summed E-state index contributed by atoms with van der Waals surface area (Å²) in [6, 6.07) is 5.69. The molecule has 0 saturated heterocycles. The van der Waals surface area contributed by atoms with Gasteiger partial charge >= 0.3 is 0 Å². The van der Waals surface area contributed by atoms with Crippen molar-refractivity contribution < 1.29 is 9.53 Å². The molecule has 0 aliphatic heterocycles. The molecule has 4 heteroatoms. The monoisotopic (exact) mass is 276 g/mol. The van der Waals surface area contributed by atoms with Gasteiger partial charge in [0.2, 0.25) is 0 Å². The molecule has 1 aromatic rings. The number of anilines is 1. The van der Waals surface area contributed by atoms with Crippen LogP contribution in [0.4, 0.5) is 5.69 Å². The summed E-state index contributed by atoms with van der Waals surface area (Å²) in [5.74, 6) is 0.696. The van der Waals surface area contributed by atoms with Gasteiger partial charge < -0.3 is 15.8 Å². The summed E-state index contributed by atoms with van der Waals surface area (Å²) in [7, 11) is 1.57. The van der Waals surface area contributed by atoms with E-state index in [1.54, 1.807) is 25.3 Å². The number of ketones is 1. The Morgan fingerprint density at radius 1 is 1.30 bits per heavy atom. The van der Waals surface area contributed by atoms with E-state index < -0.39 is 0 Å². The van der Waals surface area contributed by atoms with Gasteiger partial charge in [-0.2, -0.15) is 0 Å². The second-order valence-corrected chi connectivity index (χ2v) is 5.45. The van der Waals surface area contributed by atoms with Crippen LogP contribution in [-0.4, -0.2) is 25.5 Å². The van der Waals surface area contributed by atoms with E-state index in [9.17, 15) is 4.79 Å². The molecule has 1 aliphatic rings. The molecule has 3 N–H and O–H groups in total. The van der Waals surface area contributed by atoms with Crippen LogP contribution >= 0.6 is 0 Å². The lowest BCUT2D eigenvalue weighted by molar-refractivity contribution is 0.0986. The summed E-state index contributed by atoms with van der Waals surface area (Å²) in [4.78, 5) is 12.2. The Hall–Kier alpha value is -1.55. The maximum absolute atomic E-state index is 12.2. The minimum absolute atomic E-state index is 0.0867. The highest BCUT2D eigenvalue weighted by Gasteiger charge is 2.14. The summed E-state index contributed by atoms with van der Waals surface area (Å²) >= 11 is 0. The third kappa shape index (κ3) is 3.97. The van der Waals surface area contributed by atoms with Crippen molar-refractivity contribution >= 4 is 11.5 Å². The van der Waals surface area contributed by atoms with Crippen LogP contribution in [0.5, 0.6) is 5.75 Å². The number of carbonyl (C=O) groups excluding carboxylic acids is 1. The van der Waals surface area contributed by atoms with Gasteiger partial charge in [-0.15, -0.1) is 0 Å². The molecule has 0 radical (unpaired) electrons. The molecule has 0 unspecified atom stereocenters. The van der Waals surface area contributed by atoms with Gasteiger partial charge in [0, 0.05) is 11.6 Å². The molecule has 0 heterocycles. The summed E-state index contributed by atoms with van der Waals surface area (Å²) in [6.07, 6.45) is 7.53. The maximum atomic E-state index is 12.2. The van der Waals surface area contributed by atoms with Crippen LogP contribution in [-0.2, 0) is 0 Å². The van der Waals surface area contributed by atoms with Gasteiger partial charge in [-0.3, -0.25) is 4.79 Å². The summed E-state index contributed by atoms with van der Waals surface area (Å²) in [6.45, 7) is 0.385. The molecular formula is C16H24N2O2. The average Bonchev–Trinajstić information content (AvgIpc) is 2.73. The van der Waals surface area contributed by atoms with Crippen molar-refractivity contribution in [1.29, 1.82) is 0 Å². The number of methoxy groups -OCH3 is 1. The molecule has 1 aliphatic carbocycles. The van der Waals surface area contributed by atoms with Crippen molar-refractivity contribution in [3.8, 4) is 5.75 Å². The third-order valence-electron chi connectivity index (χ3n) is 3.96. The van der Waals surface area contributed by atoms with E-state index in [0.29, 0.717) is 29.6 Å². The summed E-state index contributed by atoms with van der Waals surface area (Å²) < 4.78 is 5.10. The van der Waals surface area contributed by atoms with Gasteiger partial charge in [0.1, 0.15) is 5.75 Å². The SMILES string of the molecule is COc1ccc(C(=O)CNC2CCCCCC2)cc1N. The van der Waals surface area contributed by atoms with Gasteiger partial charge in [-0.25, -0.2) is 0 Å². The Balaban J connectivity index is 1.89. The second kappa shape index (κ2) is 7.29. The molecule has 1 fully saturated rings. The molecule has 2 rings (SSSR count). The first-order valence-electron chi connectivity index (χ1n) is 7.41. The molecule has 0 bridgehead atoms. The predicted molar refractivity (Wildman–Crippen MR) is 81.2 cm³/mol. The molecule has 0 aromatic heterocycles. The predicted octanol–water partition coefficient (Wildman–Crippen LogP) is 2.77. The summed E-state index contributed by atoms with van der Waals surface area (Å²) in [5.41, 5.74) is 6.98. The second-order valence-electron chi connectivity index (χ2n) is 5.45. The number of ether oxygens (including phenoxy) is 1. The zero-order valence-electron chi connectivity index (χ0n) is 12.2. The lowest BCUT2D eigenvalue weighted by Crippen LogP contribution is -2.33. The first-order valence-corrected chi connectivity index (χ1v) is 7.41. The Bertz CT molecular complexity index is 452. The zero-order valence-corrected chi connectivity index (χ0v) is 12.2. The Kier molecular flexibility index (Phi) is 5.41. The van der Waals surface area contributed by atoms with E-state index in [0.717, 1.165) is 0 Å². The molecule has 4 nitrogen and oxygen atoms in total. The lowest BCUT2D eigenvalue weighted by atomic mass is 10.1. The van der Waals surface area contributed by atoms with Crippen molar-refractivity contribution in [1.82, 2.24) is 5.32 Å². The third-order valence-corrected chi connectivity index (χ3v) is 3.96. The highest BCUT2D eigenvalue weighted by molar-refractivity contribution is 5.98. The molecule has 0 amide bonds. The molecule has 110 valence electrons. The Labute approximate surface area is 120 Å². The molecule has 20 heavy (non-hydrogen) atoms. The number of hydrogen-bond acceptors (Lipinski definition) is 4. The minimum Gasteiger partial charge on any atom is -0.495 e. The number of carbonyl (C=O) groups is 1. The van der Waals surface area contributed by atoms with Crippen LogP contribution < -0.4 is 15.8 Å². The van der Waals surface area contributed by atoms with Gasteiger partial charge in [0.05, 0.1) is 19.3 Å². The molecule has 1 saturated carbocycles. The fourth-order valence-electron chi connectivity index (χ4n) is 2.73. The van der Waals surface area contributed by atoms with Gasteiger partial charge in [-0.1, -0.05) is 25.7 Å². The molecule has 1 aromatic carbocycles. The highest BCUT2D eigenvalue weighted by Crippen LogP contribution is 2.22. The normalized spacial score (nSPS) is 16.6. The van der Waals surface area contributed by atoms with Crippen molar-refractivity contribution in [3.63, 3.8) is 0 Å². The number of Topliss-reactive ketones (excluding diaryl/α,β-unsaturated/α-hetero) is 1. The van der Waals surface area contributed by atoms with Crippen LogP contribution in [0, 0.1) is 0 Å². The lowest BCUT2D eigenvalue weighted by Gasteiger charge is -2.15. The largest absolute Gasteiger partial charge is 0.495 e. The maximum Gasteiger partial charge on any atom is 0.176 e. The Morgan fingerprint density at radius 2 is 2.00 bits per heavy atom. The zero-order chi connectivity index (χ0) is 14.4. The van der Waals surface area contributed by atoms with Crippen LogP contribution in [0.3, 0.4) is 0 Å². The smallest absolute Gasteiger partial charge is 0.176 e. The average molecular weight is 276 g/mol. The van der Waals surface area contributed by atoms with E-state index in [1.165, 1.54) is 38.5 Å². The van der Waals surface area contributed by atoms with Gasteiger partial charge in [-0.05, 0) is 31.0 Å². The van der Waals surface area contributed by atoms with E-state index in [1.807, 2.05) is 0 Å². The fourth-order valence-corrected chi connectivity index (χ4v) is 2.73. The van der Waals surface area contributed by atoms with E-state index in [-0.39, 0.29) is 5.78 Å². The minimum atomic E-state index is 0.0867. The van der Waals surface area contributed by atoms with Crippen LogP contribution in [0.1, 0.15) is 48.9 Å². The van der Waals surface area contributed by atoms with E-state index >= 15 is 0 Å². The van der Waals surface area contributed by atoms with Gasteiger partial charge in [0.25, 0.3) is 0 Å². The number of nitrogens with two attached hydrogens (primary N) is 1. The Morgan fingerprint density at radius 3 is 2.60 bits per heavy atom. The first kappa shape index (κ1) is 14.9. The quantitative estimate of drug-likeness (QED) is 0.493. The van der Waals surface area contributed by atoms with Crippen molar-refractivity contribution in [2.24, 2.45) is 0 Å². The number of nitrogen functional groups attached to an aromatic ring is 1. The van der Waals surface area contributed by atoms with Crippen molar-refractivity contribution in [3.05, 3.63) is 23.8 Å². The van der Waals surface area contributed by atoms with Gasteiger partial charge in [0.15, 0.2) is 5.78 Å². The van der Waals surface area contributed by atoms with Crippen LogP contribution in [0.2, 0.25) is 0 Å². The van der Waals surface area contributed by atoms with Crippen molar-refractivity contribution in [2.75, 3.05) is 19.4 Å². The molecular weight excluding hydrogens is 252 g/mol. The van der Waals surface area contributed by atoms with Crippen LogP contribution in [0.15, 0.2) is 18.2 Å². The van der Waals surface area contributed by atoms with Crippen LogP contribution in [0.25, 0.3) is 0 Å². The fraction of sp³-hybridized carbons (Fsp3) is 0.562. The standard InChI is InChI=1S/C16H24N2O2/c1-20-16-9-8-12(10-14(16)17)15(19)11-18-13-6-4-2-3-5-7-13/h8-10,13,18H,2-7,11,17H2,1H3. The highest BCUT2D eigenvalue weighted by atomic mass is 16.5. The summed E-state index contributed by atoms with van der Waals surface area (Å²) in [5, 5.41) is 3.39. The number of nitrogens with one attached hydrogen (secondary N) is 1. The van der Waals surface area contributed by atoms with E-state index in [2.05, 4.69) is 5.32 Å². The first-order chi connectivity index (χ1) is 9.70. The van der Waals surface area contributed by atoms with E-state index in [4.69, 9.17) is 10.5 Å². The number of hydrogen-bond donors (Lipinski definition) is 2. The topological polar surface area (TPSA) is 64.3 Å².